The molecule has 3 nitrogen and oxygen atoms in total. The molecule has 5 heteroatoms. The first-order valence-electron chi connectivity index (χ1n) is 10.0. The minimum atomic E-state index is -0.859. The molecule has 0 spiro atoms. The van der Waals surface area contributed by atoms with Crippen LogP contribution in [0.4, 0.5) is 0 Å². The van der Waals surface area contributed by atoms with Crippen molar-refractivity contribution >= 4 is 28.9 Å². The van der Waals surface area contributed by atoms with E-state index in [-0.39, 0.29) is 17.4 Å². The number of thiophene rings is 1. The van der Waals surface area contributed by atoms with Crippen molar-refractivity contribution in [2.75, 3.05) is 0 Å². The van der Waals surface area contributed by atoms with Gasteiger partial charge in [-0.1, -0.05) is 29.3 Å². The summed E-state index contributed by atoms with van der Waals surface area (Å²) in [6, 6.07) is 10.2. The van der Waals surface area contributed by atoms with Gasteiger partial charge in [-0.3, -0.25) is 0 Å². The monoisotopic (exact) mass is 420 g/mol. The minimum absolute atomic E-state index is 0.0251. The zero-order chi connectivity index (χ0) is 20.3. The van der Waals surface area contributed by atoms with Crippen LogP contribution in [0.2, 0.25) is 0 Å². The number of rotatable bonds is 8. The number of aromatic carboxylic acids is 1. The predicted molar refractivity (Wildman–Crippen MR) is 116 cm³/mol. The number of benzene rings is 1. The lowest BCUT2D eigenvalue weighted by Gasteiger charge is -2.23. The summed E-state index contributed by atoms with van der Waals surface area (Å²) >= 11 is 7.95. The van der Waals surface area contributed by atoms with Gasteiger partial charge < -0.3 is 10.2 Å². The van der Waals surface area contributed by atoms with Gasteiger partial charge in [-0.15, -0.1) is 22.9 Å². The summed E-state index contributed by atoms with van der Waals surface area (Å²) in [6.45, 7) is 4.25. The Morgan fingerprint density at radius 2 is 1.82 bits per heavy atom. The minimum Gasteiger partial charge on any atom is -0.477 e. The topological polar surface area (TPSA) is 57.5 Å². The second-order valence-corrected chi connectivity index (χ2v) is 9.87. The van der Waals surface area contributed by atoms with E-state index in [0.29, 0.717) is 17.2 Å². The number of halogens is 1. The molecule has 1 fully saturated rings. The van der Waals surface area contributed by atoms with Gasteiger partial charge in [0, 0.05) is 10.3 Å². The summed E-state index contributed by atoms with van der Waals surface area (Å²) in [4.78, 5) is 12.5. The lowest BCUT2D eigenvalue weighted by Crippen LogP contribution is -2.21. The Kier molecular flexibility index (Phi) is 7.19. The SMILES string of the molecule is Cc1cc(C)cc(CC[C@@H]2[C@@H](CCCc3ccc(C(=O)O)s3)[C@H](Cl)C[C@H]2O)c1. The number of carboxylic acid groups (broad SMARTS) is 1. The highest BCUT2D eigenvalue weighted by molar-refractivity contribution is 7.13. The fourth-order valence-electron chi connectivity index (χ4n) is 4.62. The van der Waals surface area contributed by atoms with Gasteiger partial charge in [0.2, 0.25) is 0 Å². The molecule has 1 heterocycles. The van der Waals surface area contributed by atoms with Crippen LogP contribution in [0.3, 0.4) is 0 Å². The third-order valence-corrected chi connectivity index (χ3v) is 7.49. The zero-order valence-corrected chi connectivity index (χ0v) is 18.1. The van der Waals surface area contributed by atoms with E-state index in [1.807, 2.05) is 6.07 Å². The number of alkyl halides is 1. The summed E-state index contributed by atoms with van der Waals surface area (Å²) in [5.74, 6) is -0.301. The van der Waals surface area contributed by atoms with Crippen LogP contribution in [0.15, 0.2) is 30.3 Å². The molecule has 2 N–H and O–H groups in total. The van der Waals surface area contributed by atoms with Crippen LogP contribution in [0.1, 0.15) is 56.9 Å². The molecule has 1 aromatic heterocycles. The Morgan fingerprint density at radius 1 is 1.11 bits per heavy atom. The van der Waals surface area contributed by atoms with Crippen molar-refractivity contribution in [3.63, 3.8) is 0 Å². The normalized spacial score (nSPS) is 24.6. The molecule has 0 aliphatic heterocycles. The van der Waals surface area contributed by atoms with Gasteiger partial charge in [-0.2, -0.15) is 0 Å². The second kappa shape index (κ2) is 9.43. The standard InChI is InChI=1S/C23H29ClO3S/c1-14-10-15(2)12-16(11-14)6-8-19-18(20(24)13-21(19)25)5-3-4-17-7-9-22(28-17)23(26)27/h7,9-12,18-21,25H,3-6,8,13H2,1-2H3,(H,26,27)/t18-,19-,20-,21-/m1/s1. The van der Waals surface area contributed by atoms with Crippen molar-refractivity contribution in [3.05, 3.63) is 56.8 Å². The van der Waals surface area contributed by atoms with E-state index in [2.05, 4.69) is 32.0 Å². The molecule has 1 aromatic carbocycles. The van der Waals surface area contributed by atoms with E-state index in [1.54, 1.807) is 6.07 Å². The molecule has 0 radical (unpaired) electrons. The number of hydrogen-bond acceptors (Lipinski definition) is 3. The van der Waals surface area contributed by atoms with Crippen LogP contribution < -0.4 is 0 Å². The van der Waals surface area contributed by atoms with E-state index < -0.39 is 5.97 Å². The van der Waals surface area contributed by atoms with Crippen LogP contribution in [-0.4, -0.2) is 27.7 Å². The molecule has 0 amide bonds. The Hall–Kier alpha value is -1.36. The molecular formula is C23H29ClO3S. The maximum Gasteiger partial charge on any atom is 0.345 e. The third-order valence-electron chi connectivity index (χ3n) is 5.86. The first-order valence-corrected chi connectivity index (χ1v) is 11.3. The van der Waals surface area contributed by atoms with E-state index in [1.165, 1.54) is 28.0 Å². The summed E-state index contributed by atoms with van der Waals surface area (Å²) in [6.07, 6.45) is 5.10. The number of aliphatic hydroxyl groups is 1. The highest BCUT2D eigenvalue weighted by atomic mass is 35.5. The quantitative estimate of drug-likeness (QED) is 0.544. The molecule has 28 heavy (non-hydrogen) atoms. The van der Waals surface area contributed by atoms with Crippen LogP contribution in [-0.2, 0) is 12.8 Å². The van der Waals surface area contributed by atoms with Gasteiger partial charge in [-0.05, 0) is 81.9 Å². The first kappa shape index (κ1) is 21.4. The molecule has 3 rings (SSSR count). The smallest absolute Gasteiger partial charge is 0.345 e. The fraction of sp³-hybridized carbons (Fsp3) is 0.522. The van der Waals surface area contributed by atoms with Crippen LogP contribution in [0.25, 0.3) is 0 Å². The van der Waals surface area contributed by atoms with Crippen LogP contribution in [0, 0.1) is 25.7 Å². The third kappa shape index (κ3) is 5.37. The largest absolute Gasteiger partial charge is 0.477 e. The highest BCUT2D eigenvalue weighted by Crippen LogP contribution is 2.41. The number of aliphatic hydroxyl groups excluding tert-OH is 1. The number of aryl methyl sites for hydroxylation is 4. The Morgan fingerprint density at radius 3 is 2.46 bits per heavy atom. The van der Waals surface area contributed by atoms with Crippen LogP contribution in [0.5, 0.6) is 0 Å². The van der Waals surface area contributed by atoms with Gasteiger partial charge >= 0.3 is 5.97 Å². The highest BCUT2D eigenvalue weighted by Gasteiger charge is 2.40. The van der Waals surface area contributed by atoms with E-state index in [0.717, 1.165) is 37.0 Å². The second-order valence-electron chi connectivity index (χ2n) is 8.14. The van der Waals surface area contributed by atoms with Gasteiger partial charge in [0.05, 0.1) is 6.10 Å². The van der Waals surface area contributed by atoms with Gasteiger partial charge in [-0.25, -0.2) is 4.79 Å². The molecule has 0 saturated heterocycles. The zero-order valence-electron chi connectivity index (χ0n) is 16.5. The summed E-state index contributed by atoms with van der Waals surface area (Å²) < 4.78 is 0. The van der Waals surface area contributed by atoms with Crippen molar-refractivity contribution in [1.29, 1.82) is 0 Å². The summed E-state index contributed by atoms with van der Waals surface area (Å²) in [7, 11) is 0. The Balaban J connectivity index is 1.56. The summed E-state index contributed by atoms with van der Waals surface area (Å²) in [5.41, 5.74) is 3.90. The lowest BCUT2D eigenvalue weighted by atomic mass is 9.85. The molecule has 1 aliphatic rings. The van der Waals surface area contributed by atoms with Gasteiger partial charge in [0.25, 0.3) is 0 Å². The van der Waals surface area contributed by atoms with Crippen molar-refractivity contribution in [1.82, 2.24) is 0 Å². The molecule has 0 unspecified atom stereocenters. The number of hydrogen-bond donors (Lipinski definition) is 2. The van der Waals surface area contributed by atoms with E-state index >= 15 is 0 Å². The molecule has 1 saturated carbocycles. The molecule has 152 valence electrons. The maximum absolute atomic E-state index is 11.0. The maximum atomic E-state index is 11.0. The van der Waals surface area contributed by atoms with E-state index in [4.69, 9.17) is 16.7 Å². The van der Waals surface area contributed by atoms with Crippen molar-refractivity contribution in [3.8, 4) is 0 Å². The van der Waals surface area contributed by atoms with Crippen molar-refractivity contribution in [2.24, 2.45) is 11.8 Å². The van der Waals surface area contributed by atoms with Gasteiger partial charge in [0.1, 0.15) is 4.88 Å². The average Bonchev–Trinajstić information content (AvgIpc) is 3.18. The lowest BCUT2D eigenvalue weighted by molar-refractivity contribution is 0.0702. The molecule has 1 aliphatic carbocycles. The van der Waals surface area contributed by atoms with Crippen LogP contribution >= 0.6 is 22.9 Å². The van der Waals surface area contributed by atoms with Crippen molar-refractivity contribution < 1.29 is 15.0 Å². The number of carboxylic acids is 1. The molecule has 0 bridgehead atoms. The first-order chi connectivity index (χ1) is 13.3. The average molecular weight is 421 g/mol. The predicted octanol–water partition coefficient (Wildman–Crippen LogP) is 5.62. The van der Waals surface area contributed by atoms with Gasteiger partial charge in [0.15, 0.2) is 0 Å². The summed E-state index contributed by atoms with van der Waals surface area (Å²) in [5, 5.41) is 19.6. The number of carbonyl (C=O) groups is 1. The molecule has 2 aromatic rings. The van der Waals surface area contributed by atoms with E-state index in [9.17, 15) is 9.90 Å². The Bertz CT molecular complexity index is 796. The fourth-order valence-corrected chi connectivity index (χ4v) is 6.00. The Labute approximate surface area is 176 Å². The van der Waals surface area contributed by atoms with Crippen molar-refractivity contribution in [2.45, 2.75) is 63.9 Å². The molecule has 4 atom stereocenters. The molecular weight excluding hydrogens is 392 g/mol.